The summed E-state index contributed by atoms with van der Waals surface area (Å²) in [4.78, 5) is 13.6. The Balaban J connectivity index is 2.03. The van der Waals surface area contributed by atoms with E-state index in [0.29, 0.717) is 29.7 Å². The highest BCUT2D eigenvalue weighted by atomic mass is 32.1. The lowest BCUT2D eigenvalue weighted by molar-refractivity contribution is 0.0601. The summed E-state index contributed by atoms with van der Waals surface area (Å²) in [5, 5.41) is 12.8. The molecule has 1 fully saturated rings. The Hall–Kier alpha value is -2.13. The molecular formula is C18H23N3O2S. The largest absolute Gasteiger partial charge is 0.465 e. The molecule has 0 aliphatic heterocycles. The SMILES string of the molecule is COC(=O)c1ccc(NC(=S)N(CCC#N)C2CCCCC2)cc1. The smallest absolute Gasteiger partial charge is 0.337 e. The number of benzene rings is 1. The van der Waals surface area contributed by atoms with Crippen LogP contribution in [0.1, 0.15) is 48.9 Å². The van der Waals surface area contributed by atoms with E-state index in [1.807, 2.05) is 12.1 Å². The molecule has 0 bridgehead atoms. The highest BCUT2D eigenvalue weighted by molar-refractivity contribution is 7.80. The number of ether oxygens (including phenoxy) is 1. The van der Waals surface area contributed by atoms with Crippen LogP contribution in [-0.4, -0.2) is 35.7 Å². The Bertz CT molecular complexity index is 604. The predicted molar refractivity (Wildman–Crippen MR) is 97.8 cm³/mol. The van der Waals surface area contributed by atoms with E-state index in [-0.39, 0.29) is 5.97 Å². The number of thiocarbonyl (C=S) groups is 1. The van der Waals surface area contributed by atoms with Crippen molar-refractivity contribution in [3.63, 3.8) is 0 Å². The molecule has 0 radical (unpaired) electrons. The normalized spacial score (nSPS) is 14.5. The number of nitrogens with one attached hydrogen (secondary N) is 1. The van der Waals surface area contributed by atoms with Crippen LogP contribution in [0.25, 0.3) is 0 Å². The Morgan fingerprint density at radius 2 is 2.00 bits per heavy atom. The lowest BCUT2D eigenvalue weighted by Crippen LogP contribution is -2.44. The monoisotopic (exact) mass is 345 g/mol. The molecule has 0 aromatic heterocycles. The maximum atomic E-state index is 11.5. The topological polar surface area (TPSA) is 65.4 Å². The van der Waals surface area contributed by atoms with Gasteiger partial charge in [0.05, 0.1) is 25.2 Å². The first-order valence-corrected chi connectivity index (χ1v) is 8.69. The molecule has 5 nitrogen and oxygen atoms in total. The minimum atomic E-state index is -0.359. The van der Waals surface area contributed by atoms with Crippen LogP contribution in [-0.2, 0) is 4.74 Å². The Labute approximate surface area is 148 Å². The number of anilines is 1. The van der Waals surface area contributed by atoms with E-state index >= 15 is 0 Å². The van der Waals surface area contributed by atoms with Gasteiger partial charge in [0.1, 0.15) is 0 Å². The molecule has 1 N–H and O–H groups in total. The van der Waals surface area contributed by atoms with Gasteiger partial charge in [-0.05, 0) is 49.3 Å². The summed E-state index contributed by atoms with van der Waals surface area (Å²) in [5.41, 5.74) is 1.33. The van der Waals surface area contributed by atoms with E-state index < -0.39 is 0 Å². The molecule has 0 saturated heterocycles. The molecule has 1 aromatic carbocycles. The van der Waals surface area contributed by atoms with Gasteiger partial charge in [-0.3, -0.25) is 0 Å². The summed E-state index contributed by atoms with van der Waals surface area (Å²) < 4.78 is 4.70. The second kappa shape index (κ2) is 9.24. The van der Waals surface area contributed by atoms with Crippen LogP contribution in [0.15, 0.2) is 24.3 Å². The average molecular weight is 345 g/mol. The van der Waals surface area contributed by atoms with Gasteiger partial charge in [0, 0.05) is 18.3 Å². The zero-order chi connectivity index (χ0) is 17.4. The number of esters is 1. The molecule has 0 heterocycles. The first kappa shape index (κ1) is 18.2. The van der Waals surface area contributed by atoms with Gasteiger partial charge in [-0.2, -0.15) is 5.26 Å². The fourth-order valence-electron chi connectivity index (χ4n) is 3.02. The van der Waals surface area contributed by atoms with Crippen LogP contribution in [0.5, 0.6) is 0 Å². The quantitative estimate of drug-likeness (QED) is 0.648. The van der Waals surface area contributed by atoms with Gasteiger partial charge < -0.3 is 15.0 Å². The van der Waals surface area contributed by atoms with Crippen molar-refractivity contribution in [1.82, 2.24) is 4.90 Å². The number of methoxy groups -OCH3 is 1. The average Bonchev–Trinajstić information content (AvgIpc) is 2.63. The molecule has 2 rings (SSSR count). The fourth-order valence-corrected chi connectivity index (χ4v) is 3.37. The highest BCUT2D eigenvalue weighted by Crippen LogP contribution is 2.24. The molecule has 1 aromatic rings. The van der Waals surface area contributed by atoms with Crippen molar-refractivity contribution in [2.75, 3.05) is 19.0 Å². The van der Waals surface area contributed by atoms with E-state index in [1.54, 1.807) is 12.1 Å². The second-order valence-corrected chi connectivity index (χ2v) is 6.28. The number of nitriles is 1. The number of rotatable bonds is 5. The summed E-state index contributed by atoms with van der Waals surface area (Å²) in [6.07, 6.45) is 6.40. The van der Waals surface area contributed by atoms with E-state index in [9.17, 15) is 4.79 Å². The van der Waals surface area contributed by atoms with Crippen molar-refractivity contribution in [1.29, 1.82) is 5.26 Å². The molecule has 0 unspecified atom stereocenters. The number of nitrogens with zero attached hydrogens (tertiary/aromatic N) is 2. The molecule has 128 valence electrons. The minimum absolute atomic E-state index is 0.359. The van der Waals surface area contributed by atoms with Gasteiger partial charge in [0.25, 0.3) is 0 Å². The predicted octanol–water partition coefficient (Wildman–Crippen LogP) is 3.72. The summed E-state index contributed by atoms with van der Waals surface area (Å²) in [5.74, 6) is -0.359. The molecule has 0 amide bonds. The molecule has 1 saturated carbocycles. The van der Waals surface area contributed by atoms with Crippen molar-refractivity contribution in [2.24, 2.45) is 0 Å². The Morgan fingerprint density at radius 1 is 1.33 bits per heavy atom. The molecule has 0 atom stereocenters. The van der Waals surface area contributed by atoms with Gasteiger partial charge in [0.15, 0.2) is 5.11 Å². The molecular weight excluding hydrogens is 322 g/mol. The number of hydrogen-bond acceptors (Lipinski definition) is 4. The van der Waals surface area contributed by atoms with Crippen LogP contribution < -0.4 is 5.32 Å². The molecule has 24 heavy (non-hydrogen) atoms. The van der Waals surface area contributed by atoms with Gasteiger partial charge in [-0.15, -0.1) is 0 Å². The van der Waals surface area contributed by atoms with Crippen molar-refractivity contribution in [2.45, 2.75) is 44.6 Å². The van der Waals surface area contributed by atoms with Crippen molar-refractivity contribution in [3.05, 3.63) is 29.8 Å². The first-order chi connectivity index (χ1) is 11.7. The standard InChI is InChI=1S/C18H23N3O2S/c1-23-17(22)14-8-10-15(11-9-14)20-18(24)21(13-5-12-19)16-6-3-2-4-7-16/h8-11,16H,2-7,13H2,1H3,(H,20,24). The van der Waals surface area contributed by atoms with Crippen molar-refractivity contribution < 1.29 is 9.53 Å². The number of hydrogen-bond donors (Lipinski definition) is 1. The van der Waals surface area contributed by atoms with Gasteiger partial charge in [-0.1, -0.05) is 19.3 Å². The van der Waals surface area contributed by atoms with Crippen LogP contribution in [0, 0.1) is 11.3 Å². The van der Waals surface area contributed by atoms with Gasteiger partial charge in [-0.25, -0.2) is 4.79 Å². The fraction of sp³-hybridized carbons (Fsp3) is 0.500. The molecule has 6 heteroatoms. The molecule has 1 aliphatic carbocycles. The third kappa shape index (κ3) is 4.93. The van der Waals surface area contributed by atoms with Gasteiger partial charge >= 0.3 is 5.97 Å². The van der Waals surface area contributed by atoms with E-state index in [2.05, 4.69) is 16.3 Å². The second-order valence-electron chi connectivity index (χ2n) is 5.89. The Morgan fingerprint density at radius 3 is 2.58 bits per heavy atom. The Kier molecular flexibility index (Phi) is 7.01. The van der Waals surface area contributed by atoms with Crippen LogP contribution in [0.3, 0.4) is 0 Å². The minimum Gasteiger partial charge on any atom is -0.465 e. The van der Waals surface area contributed by atoms with E-state index in [1.165, 1.54) is 26.4 Å². The summed E-state index contributed by atoms with van der Waals surface area (Å²) in [6.45, 7) is 0.646. The summed E-state index contributed by atoms with van der Waals surface area (Å²) in [7, 11) is 1.36. The lowest BCUT2D eigenvalue weighted by atomic mass is 9.94. The summed E-state index contributed by atoms with van der Waals surface area (Å²) in [6, 6.07) is 9.63. The van der Waals surface area contributed by atoms with Crippen molar-refractivity contribution in [3.8, 4) is 6.07 Å². The third-order valence-electron chi connectivity index (χ3n) is 4.30. The maximum Gasteiger partial charge on any atom is 0.337 e. The molecule has 1 aliphatic rings. The maximum absolute atomic E-state index is 11.5. The number of carbonyl (C=O) groups is 1. The van der Waals surface area contributed by atoms with Crippen LogP contribution in [0.2, 0.25) is 0 Å². The van der Waals surface area contributed by atoms with Crippen LogP contribution in [0.4, 0.5) is 5.69 Å². The first-order valence-electron chi connectivity index (χ1n) is 8.28. The van der Waals surface area contributed by atoms with E-state index in [4.69, 9.17) is 22.2 Å². The lowest BCUT2D eigenvalue weighted by Gasteiger charge is -2.36. The zero-order valence-corrected chi connectivity index (χ0v) is 14.8. The van der Waals surface area contributed by atoms with Gasteiger partial charge in [0.2, 0.25) is 0 Å². The molecule has 0 spiro atoms. The third-order valence-corrected chi connectivity index (χ3v) is 4.63. The highest BCUT2D eigenvalue weighted by Gasteiger charge is 2.23. The van der Waals surface area contributed by atoms with Crippen LogP contribution >= 0.6 is 12.2 Å². The van der Waals surface area contributed by atoms with Crippen molar-refractivity contribution >= 4 is 29.0 Å². The number of carbonyl (C=O) groups excluding carboxylic acids is 1. The summed E-state index contributed by atoms with van der Waals surface area (Å²) >= 11 is 5.57. The zero-order valence-electron chi connectivity index (χ0n) is 14.0. The van der Waals surface area contributed by atoms with E-state index in [0.717, 1.165) is 18.5 Å².